The molecule has 0 unspecified atom stereocenters. The van der Waals surface area contributed by atoms with Gasteiger partial charge in [0.15, 0.2) is 0 Å². The van der Waals surface area contributed by atoms with Crippen molar-refractivity contribution in [1.82, 2.24) is 10.2 Å². The number of benzene rings is 3. The Kier molecular flexibility index (Phi) is 9.46. The Labute approximate surface area is 236 Å². The number of amides is 2. The van der Waals surface area contributed by atoms with Gasteiger partial charge in [-0.1, -0.05) is 54.1 Å². The summed E-state index contributed by atoms with van der Waals surface area (Å²) in [6.07, 6.45) is 0. The summed E-state index contributed by atoms with van der Waals surface area (Å²) in [4.78, 5) is 28.6. The van der Waals surface area contributed by atoms with Crippen molar-refractivity contribution in [2.75, 3.05) is 10.8 Å². The Balaban J connectivity index is 2.07. The van der Waals surface area contributed by atoms with Crippen molar-refractivity contribution in [2.45, 2.75) is 64.6 Å². The number of carbonyl (C=O) groups is 2. The molecule has 0 saturated carbocycles. The maximum atomic E-state index is 14.0. The Morgan fingerprint density at radius 3 is 2.23 bits per heavy atom. The van der Waals surface area contributed by atoms with E-state index in [4.69, 9.17) is 11.6 Å². The van der Waals surface area contributed by atoms with Gasteiger partial charge in [-0.25, -0.2) is 8.42 Å². The highest BCUT2D eigenvalue weighted by Crippen LogP contribution is 2.28. The van der Waals surface area contributed by atoms with Crippen molar-refractivity contribution in [3.63, 3.8) is 0 Å². The van der Waals surface area contributed by atoms with Crippen LogP contribution in [0.3, 0.4) is 0 Å². The van der Waals surface area contributed by atoms with E-state index in [1.807, 2.05) is 45.9 Å². The van der Waals surface area contributed by atoms with Gasteiger partial charge in [-0.05, 0) is 88.6 Å². The van der Waals surface area contributed by atoms with Crippen LogP contribution >= 0.6 is 11.6 Å². The van der Waals surface area contributed by atoms with E-state index in [2.05, 4.69) is 5.32 Å². The predicted molar refractivity (Wildman–Crippen MR) is 156 cm³/mol. The molecule has 3 aromatic carbocycles. The van der Waals surface area contributed by atoms with Crippen LogP contribution in [-0.2, 0) is 26.2 Å². The van der Waals surface area contributed by atoms with Crippen molar-refractivity contribution in [3.8, 4) is 0 Å². The molecule has 2 amide bonds. The zero-order chi connectivity index (χ0) is 29.0. The van der Waals surface area contributed by atoms with Crippen LogP contribution in [0.5, 0.6) is 0 Å². The lowest BCUT2D eigenvalue weighted by Crippen LogP contribution is -2.54. The number of aryl methyl sites for hydroxylation is 2. The lowest BCUT2D eigenvalue weighted by Gasteiger charge is -2.34. The fraction of sp³-hybridized carbons (Fsp3) is 0.333. The maximum absolute atomic E-state index is 14.0. The lowest BCUT2D eigenvalue weighted by atomic mass is 10.1. The number of halogens is 1. The van der Waals surface area contributed by atoms with Crippen LogP contribution in [0.2, 0.25) is 5.02 Å². The van der Waals surface area contributed by atoms with Gasteiger partial charge in [-0.3, -0.25) is 13.9 Å². The van der Waals surface area contributed by atoms with Gasteiger partial charge in [0.25, 0.3) is 10.0 Å². The van der Waals surface area contributed by atoms with Crippen molar-refractivity contribution in [1.29, 1.82) is 0 Å². The summed E-state index contributed by atoms with van der Waals surface area (Å²) in [6, 6.07) is 19.6. The fourth-order valence-electron chi connectivity index (χ4n) is 4.11. The number of carbonyl (C=O) groups excluding carboxylic acids is 2. The summed E-state index contributed by atoms with van der Waals surface area (Å²) in [7, 11) is -4.11. The van der Waals surface area contributed by atoms with E-state index in [1.54, 1.807) is 56.3 Å². The first kappa shape index (κ1) is 30.2. The minimum atomic E-state index is -4.11. The van der Waals surface area contributed by atoms with Crippen LogP contribution in [-0.4, -0.2) is 43.3 Å². The van der Waals surface area contributed by atoms with Gasteiger partial charge in [0, 0.05) is 17.1 Å². The van der Waals surface area contributed by atoms with Crippen molar-refractivity contribution >= 4 is 39.1 Å². The molecule has 0 aliphatic carbocycles. The van der Waals surface area contributed by atoms with Crippen LogP contribution in [0.1, 0.15) is 44.4 Å². The third-order valence-corrected chi connectivity index (χ3v) is 8.16. The van der Waals surface area contributed by atoms with Crippen molar-refractivity contribution in [3.05, 3.63) is 94.5 Å². The lowest BCUT2D eigenvalue weighted by molar-refractivity contribution is -0.140. The van der Waals surface area contributed by atoms with E-state index >= 15 is 0 Å². The van der Waals surface area contributed by atoms with Crippen molar-refractivity contribution in [2.24, 2.45) is 0 Å². The second-order valence-electron chi connectivity index (χ2n) is 10.7. The molecule has 0 aliphatic rings. The molecule has 208 valence electrons. The molecular weight excluding hydrogens is 534 g/mol. The highest BCUT2D eigenvalue weighted by Gasteiger charge is 2.33. The van der Waals surface area contributed by atoms with Crippen LogP contribution < -0.4 is 9.62 Å². The summed E-state index contributed by atoms with van der Waals surface area (Å²) < 4.78 is 28.9. The van der Waals surface area contributed by atoms with Gasteiger partial charge in [0.2, 0.25) is 11.8 Å². The zero-order valence-corrected chi connectivity index (χ0v) is 24.8. The molecule has 3 aromatic rings. The Morgan fingerprint density at radius 1 is 0.949 bits per heavy atom. The topological polar surface area (TPSA) is 86.8 Å². The number of sulfonamides is 1. The van der Waals surface area contributed by atoms with Gasteiger partial charge in [-0.15, -0.1) is 0 Å². The molecule has 0 fully saturated rings. The largest absolute Gasteiger partial charge is 0.350 e. The summed E-state index contributed by atoms with van der Waals surface area (Å²) in [6.45, 7) is 10.5. The Bertz CT molecular complexity index is 1440. The standard InChI is InChI=1S/C30H36ClN3O4S/c1-21-15-16-22(2)27(17-21)34(39(37,38)26-13-8-7-9-14-26)20-28(35)33(19-24-11-10-12-25(31)18-24)23(3)29(36)32-30(4,5)6/h7-18,23H,19-20H2,1-6H3,(H,32,36)/t23-/m0/s1. The minimum absolute atomic E-state index is 0.0682. The quantitative estimate of drug-likeness (QED) is 0.369. The summed E-state index contributed by atoms with van der Waals surface area (Å²) in [5.41, 5.74) is 2.16. The molecule has 1 N–H and O–H groups in total. The SMILES string of the molecule is Cc1ccc(C)c(N(CC(=O)N(Cc2cccc(Cl)c2)[C@@H](C)C(=O)NC(C)(C)C)S(=O)(=O)c2ccccc2)c1. The predicted octanol–water partition coefficient (Wildman–Crippen LogP) is 5.48. The number of nitrogens with one attached hydrogen (secondary N) is 1. The second kappa shape index (κ2) is 12.2. The highest BCUT2D eigenvalue weighted by molar-refractivity contribution is 7.92. The molecule has 0 spiro atoms. The van der Waals surface area contributed by atoms with E-state index in [-0.39, 0.29) is 17.3 Å². The zero-order valence-electron chi connectivity index (χ0n) is 23.2. The van der Waals surface area contributed by atoms with Crippen LogP contribution in [0.4, 0.5) is 5.69 Å². The summed E-state index contributed by atoms with van der Waals surface area (Å²) in [5.74, 6) is -0.867. The average molecular weight is 570 g/mol. The van der Waals surface area contributed by atoms with E-state index < -0.39 is 34.1 Å². The Morgan fingerprint density at radius 2 is 1.62 bits per heavy atom. The normalized spacial score (nSPS) is 12.5. The number of rotatable bonds is 9. The van der Waals surface area contributed by atoms with Gasteiger partial charge >= 0.3 is 0 Å². The monoisotopic (exact) mass is 569 g/mol. The number of nitrogens with zero attached hydrogens (tertiary/aromatic N) is 2. The van der Waals surface area contributed by atoms with E-state index in [9.17, 15) is 18.0 Å². The molecule has 9 heteroatoms. The second-order valence-corrected chi connectivity index (χ2v) is 13.0. The third-order valence-electron chi connectivity index (χ3n) is 6.15. The van der Waals surface area contributed by atoms with Gasteiger partial charge in [-0.2, -0.15) is 0 Å². The molecule has 0 radical (unpaired) electrons. The van der Waals surface area contributed by atoms with Gasteiger partial charge < -0.3 is 10.2 Å². The first-order chi connectivity index (χ1) is 18.2. The van der Waals surface area contributed by atoms with Crippen LogP contribution in [0.25, 0.3) is 0 Å². The fourth-order valence-corrected chi connectivity index (χ4v) is 5.81. The maximum Gasteiger partial charge on any atom is 0.264 e. The first-order valence-corrected chi connectivity index (χ1v) is 14.5. The van der Waals surface area contributed by atoms with E-state index in [0.717, 1.165) is 15.4 Å². The minimum Gasteiger partial charge on any atom is -0.350 e. The summed E-state index contributed by atoms with van der Waals surface area (Å²) in [5, 5.41) is 3.41. The number of anilines is 1. The number of hydrogen-bond acceptors (Lipinski definition) is 4. The van der Waals surface area contributed by atoms with E-state index in [0.29, 0.717) is 16.3 Å². The molecule has 0 aromatic heterocycles. The molecular formula is C30H36ClN3O4S. The molecule has 0 aliphatic heterocycles. The van der Waals surface area contributed by atoms with Crippen molar-refractivity contribution < 1.29 is 18.0 Å². The highest BCUT2D eigenvalue weighted by atomic mass is 35.5. The molecule has 3 rings (SSSR count). The summed E-state index contributed by atoms with van der Waals surface area (Å²) >= 11 is 6.19. The van der Waals surface area contributed by atoms with Crippen LogP contribution in [0.15, 0.2) is 77.7 Å². The van der Waals surface area contributed by atoms with Gasteiger partial charge in [0.1, 0.15) is 12.6 Å². The number of hydrogen-bond donors (Lipinski definition) is 1. The molecule has 7 nitrogen and oxygen atoms in total. The van der Waals surface area contributed by atoms with Gasteiger partial charge in [0.05, 0.1) is 10.6 Å². The molecule has 0 bridgehead atoms. The van der Waals surface area contributed by atoms with E-state index in [1.165, 1.54) is 17.0 Å². The molecule has 1 atom stereocenters. The Hall–Kier alpha value is -3.36. The first-order valence-electron chi connectivity index (χ1n) is 12.7. The smallest absolute Gasteiger partial charge is 0.264 e. The van der Waals surface area contributed by atoms with Crippen LogP contribution in [0, 0.1) is 13.8 Å². The third kappa shape index (κ3) is 7.83. The molecule has 0 saturated heterocycles. The average Bonchev–Trinajstić information content (AvgIpc) is 2.86. The molecule has 39 heavy (non-hydrogen) atoms. The molecule has 0 heterocycles.